The van der Waals surface area contributed by atoms with Gasteiger partial charge < -0.3 is 19.4 Å². The van der Waals surface area contributed by atoms with Gasteiger partial charge in [0.2, 0.25) is 0 Å². The lowest BCUT2D eigenvalue weighted by Crippen LogP contribution is -2.31. The number of aromatic nitrogens is 2. The SMILES string of the molecule is CC(C)(C)c1nc2cc3c(cc2n1CC1CCNCC1)OCCO3. The molecule has 0 atom stereocenters. The second-order valence-corrected chi connectivity index (χ2v) is 7.97. The van der Waals surface area contributed by atoms with Crippen LogP contribution in [0.3, 0.4) is 0 Å². The molecule has 3 heterocycles. The minimum Gasteiger partial charge on any atom is -0.486 e. The first-order valence-electron chi connectivity index (χ1n) is 9.03. The van der Waals surface area contributed by atoms with Gasteiger partial charge in [-0.1, -0.05) is 20.8 Å². The van der Waals surface area contributed by atoms with E-state index in [2.05, 4.69) is 36.7 Å². The molecule has 1 aromatic carbocycles. The van der Waals surface area contributed by atoms with Crippen LogP contribution in [0.4, 0.5) is 0 Å². The second-order valence-electron chi connectivity index (χ2n) is 7.97. The molecule has 1 fully saturated rings. The molecule has 2 aliphatic heterocycles. The maximum atomic E-state index is 5.80. The first kappa shape index (κ1) is 15.8. The Balaban J connectivity index is 1.80. The first-order chi connectivity index (χ1) is 11.5. The van der Waals surface area contributed by atoms with Crippen molar-refractivity contribution >= 4 is 11.0 Å². The minimum absolute atomic E-state index is 0.00809. The zero-order chi connectivity index (χ0) is 16.7. The van der Waals surface area contributed by atoms with Crippen LogP contribution in [0.5, 0.6) is 11.5 Å². The number of hydrogen-bond donors (Lipinski definition) is 1. The van der Waals surface area contributed by atoms with Crippen molar-refractivity contribution in [3.63, 3.8) is 0 Å². The number of ether oxygens (including phenoxy) is 2. The summed E-state index contributed by atoms with van der Waals surface area (Å²) in [7, 11) is 0. The number of nitrogens with zero attached hydrogens (tertiary/aromatic N) is 2. The van der Waals surface area contributed by atoms with E-state index < -0.39 is 0 Å². The van der Waals surface area contributed by atoms with Gasteiger partial charge in [-0.05, 0) is 31.8 Å². The van der Waals surface area contributed by atoms with Gasteiger partial charge in [-0.25, -0.2) is 4.98 Å². The van der Waals surface area contributed by atoms with Crippen molar-refractivity contribution in [1.29, 1.82) is 0 Å². The molecule has 1 N–H and O–H groups in total. The van der Waals surface area contributed by atoms with Gasteiger partial charge in [0.05, 0.1) is 11.0 Å². The minimum atomic E-state index is 0.00809. The van der Waals surface area contributed by atoms with E-state index in [4.69, 9.17) is 14.5 Å². The molecule has 24 heavy (non-hydrogen) atoms. The molecule has 0 amide bonds. The average molecular weight is 329 g/mol. The smallest absolute Gasteiger partial charge is 0.163 e. The Bertz CT molecular complexity index is 739. The number of hydrogen-bond acceptors (Lipinski definition) is 4. The van der Waals surface area contributed by atoms with E-state index in [1.54, 1.807) is 0 Å². The molecule has 2 aliphatic rings. The second kappa shape index (κ2) is 5.96. The molecule has 0 unspecified atom stereocenters. The lowest BCUT2D eigenvalue weighted by molar-refractivity contribution is 0.172. The highest BCUT2D eigenvalue weighted by Crippen LogP contribution is 2.37. The molecule has 5 heteroatoms. The van der Waals surface area contributed by atoms with Crippen LogP contribution < -0.4 is 14.8 Å². The van der Waals surface area contributed by atoms with Crippen molar-refractivity contribution in [2.45, 2.75) is 45.6 Å². The highest BCUT2D eigenvalue weighted by Gasteiger charge is 2.26. The Morgan fingerprint density at radius 3 is 2.46 bits per heavy atom. The van der Waals surface area contributed by atoms with Gasteiger partial charge in [-0.15, -0.1) is 0 Å². The topological polar surface area (TPSA) is 48.3 Å². The van der Waals surface area contributed by atoms with E-state index in [-0.39, 0.29) is 5.41 Å². The van der Waals surface area contributed by atoms with Crippen LogP contribution in [0.15, 0.2) is 12.1 Å². The molecule has 1 saturated heterocycles. The van der Waals surface area contributed by atoms with Gasteiger partial charge in [-0.2, -0.15) is 0 Å². The van der Waals surface area contributed by atoms with Crippen molar-refractivity contribution < 1.29 is 9.47 Å². The summed E-state index contributed by atoms with van der Waals surface area (Å²) in [6.07, 6.45) is 2.46. The Morgan fingerprint density at radius 1 is 1.12 bits per heavy atom. The third-order valence-corrected chi connectivity index (χ3v) is 4.98. The molecule has 2 aromatic rings. The number of benzene rings is 1. The van der Waals surface area contributed by atoms with Crippen LogP contribution in [0.25, 0.3) is 11.0 Å². The molecule has 0 aliphatic carbocycles. The van der Waals surface area contributed by atoms with Gasteiger partial charge in [0.25, 0.3) is 0 Å². The highest BCUT2D eigenvalue weighted by molar-refractivity contribution is 5.81. The summed E-state index contributed by atoms with van der Waals surface area (Å²) < 4.78 is 13.9. The third kappa shape index (κ3) is 2.86. The quantitative estimate of drug-likeness (QED) is 0.920. The molecule has 0 spiro atoms. The monoisotopic (exact) mass is 329 g/mol. The molecule has 1 aromatic heterocycles. The lowest BCUT2D eigenvalue weighted by atomic mass is 9.94. The Kier molecular flexibility index (Phi) is 3.91. The van der Waals surface area contributed by atoms with E-state index in [0.29, 0.717) is 19.1 Å². The maximum absolute atomic E-state index is 5.80. The van der Waals surface area contributed by atoms with Gasteiger partial charge >= 0.3 is 0 Å². The predicted molar refractivity (Wildman–Crippen MR) is 95.0 cm³/mol. The van der Waals surface area contributed by atoms with Crippen LogP contribution in [0.1, 0.15) is 39.4 Å². The standard InChI is InChI=1S/C19H27N3O2/c1-19(2,3)18-21-14-10-16-17(24-9-8-23-16)11-15(14)22(18)12-13-4-6-20-7-5-13/h10-11,13,20H,4-9,12H2,1-3H3. The van der Waals surface area contributed by atoms with Crippen molar-refractivity contribution in [3.8, 4) is 11.5 Å². The summed E-state index contributed by atoms with van der Waals surface area (Å²) in [5.41, 5.74) is 2.19. The molecular weight excluding hydrogens is 302 g/mol. The summed E-state index contributed by atoms with van der Waals surface area (Å²) in [6, 6.07) is 4.16. The summed E-state index contributed by atoms with van der Waals surface area (Å²) in [5, 5.41) is 3.46. The zero-order valence-corrected chi connectivity index (χ0v) is 14.9. The summed E-state index contributed by atoms with van der Waals surface area (Å²) in [4.78, 5) is 4.97. The molecule has 0 bridgehead atoms. The maximum Gasteiger partial charge on any atom is 0.163 e. The van der Waals surface area contributed by atoms with Crippen LogP contribution in [-0.2, 0) is 12.0 Å². The lowest BCUT2D eigenvalue weighted by Gasteiger charge is -2.27. The fourth-order valence-corrected chi connectivity index (χ4v) is 3.74. The molecule has 4 rings (SSSR count). The number of imidazole rings is 1. The van der Waals surface area contributed by atoms with Gasteiger partial charge in [0.1, 0.15) is 19.0 Å². The fraction of sp³-hybridized carbons (Fsp3) is 0.632. The van der Waals surface area contributed by atoms with Crippen molar-refractivity contribution in [2.75, 3.05) is 26.3 Å². The Hall–Kier alpha value is -1.75. The number of nitrogens with one attached hydrogen (secondary N) is 1. The van der Waals surface area contributed by atoms with Crippen LogP contribution in [0.2, 0.25) is 0 Å². The molecule has 0 saturated carbocycles. The summed E-state index contributed by atoms with van der Waals surface area (Å²) in [5.74, 6) is 3.53. The van der Waals surface area contributed by atoms with Crippen molar-refractivity contribution in [3.05, 3.63) is 18.0 Å². The predicted octanol–water partition coefficient (Wildman–Crippen LogP) is 3.10. The van der Waals surface area contributed by atoms with Crippen LogP contribution in [0, 0.1) is 5.92 Å². The largest absolute Gasteiger partial charge is 0.486 e. The Morgan fingerprint density at radius 2 is 1.79 bits per heavy atom. The fourth-order valence-electron chi connectivity index (χ4n) is 3.74. The van der Waals surface area contributed by atoms with E-state index in [1.807, 2.05) is 6.07 Å². The van der Waals surface area contributed by atoms with E-state index in [1.165, 1.54) is 18.4 Å². The van der Waals surface area contributed by atoms with E-state index in [0.717, 1.165) is 42.5 Å². The Labute approximate surface area is 143 Å². The molecule has 0 radical (unpaired) electrons. The molecule has 5 nitrogen and oxygen atoms in total. The van der Waals surface area contributed by atoms with E-state index >= 15 is 0 Å². The molecule has 130 valence electrons. The summed E-state index contributed by atoms with van der Waals surface area (Å²) >= 11 is 0. The number of rotatable bonds is 2. The highest BCUT2D eigenvalue weighted by atomic mass is 16.6. The number of piperidine rings is 1. The first-order valence-corrected chi connectivity index (χ1v) is 9.03. The molecular formula is C19H27N3O2. The van der Waals surface area contributed by atoms with Crippen molar-refractivity contribution in [1.82, 2.24) is 14.9 Å². The average Bonchev–Trinajstić information content (AvgIpc) is 2.92. The van der Waals surface area contributed by atoms with E-state index in [9.17, 15) is 0 Å². The van der Waals surface area contributed by atoms with Gasteiger partial charge in [-0.3, -0.25) is 0 Å². The van der Waals surface area contributed by atoms with Gasteiger partial charge in [0, 0.05) is 24.1 Å². The third-order valence-electron chi connectivity index (χ3n) is 4.98. The van der Waals surface area contributed by atoms with Crippen molar-refractivity contribution in [2.24, 2.45) is 5.92 Å². The van der Waals surface area contributed by atoms with Crippen LogP contribution >= 0.6 is 0 Å². The zero-order valence-electron chi connectivity index (χ0n) is 14.9. The van der Waals surface area contributed by atoms with Crippen LogP contribution in [-0.4, -0.2) is 35.9 Å². The normalized spacial score (nSPS) is 19.0. The van der Waals surface area contributed by atoms with Gasteiger partial charge in [0.15, 0.2) is 11.5 Å². The summed E-state index contributed by atoms with van der Waals surface area (Å²) in [6.45, 7) is 11.2. The number of fused-ring (bicyclic) bond motifs is 2.